The minimum absolute atomic E-state index is 0.648. The van der Waals surface area contributed by atoms with Crippen molar-refractivity contribution in [3.8, 4) is 0 Å². The maximum absolute atomic E-state index is 3.63. The van der Waals surface area contributed by atoms with E-state index in [4.69, 9.17) is 0 Å². The predicted octanol–water partition coefficient (Wildman–Crippen LogP) is 2.15. The molecule has 16 heavy (non-hydrogen) atoms. The Hall–Kier alpha value is -0.860. The molecule has 1 aliphatic rings. The molecule has 1 aromatic rings. The molecule has 0 spiro atoms. The molecule has 1 saturated heterocycles. The summed E-state index contributed by atoms with van der Waals surface area (Å²) in [5.41, 5.74) is 4.13. The number of piperidine rings is 1. The summed E-state index contributed by atoms with van der Waals surface area (Å²) in [6.07, 6.45) is 2.60. The van der Waals surface area contributed by atoms with E-state index in [0.29, 0.717) is 6.04 Å². The van der Waals surface area contributed by atoms with Crippen LogP contribution in [0.5, 0.6) is 0 Å². The van der Waals surface area contributed by atoms with Crippen LogP contribution in [0.3, 0.4) is 0 Å². The molecule has 0 saturated carbocycles. The maximum Gasteiger partial charge on any atom is 0.0208 e. The van der Waals surface area contributed by atoms with Crippen molar-refractivity contribution in [2.24, 2.45) is 0 Å². The number of nitrogens with one attached hydrogen (secondary N) is 2. The first-order valence-electron chi connectivity index (χ1n) is 6.25. The Labute approximate surface area is 98.4 Å². The molecule has 1 atom stereocenters. The first-order chi connectivity index (χ1) is 7.74. The fourth-order valence-electron chi connectivity index (χ4n) is 2.46. The lowest BCUT2D eigenvalue weighted by Gasteiger charge is -2.24. The average Bonchev–Trinajstić information content (AvgIpc) is 2.27. The molecule has 0 radical (unpaired) electrons. The third-order valence-corrected chi connectivity index (χ3v) is 3.17. The lowest BCUT2D eigenvalue weighted by molar-refractivity contribution is 0.389. The number of aryl methyl sites for hydroxylation is 2. The Bertz CT molecular complexity index is 320. The Morgan fingerprint density at radius 2 is 2.00 bits per heavy atom. The van der Waals surface area contributed by atoms with Crippen molar-refractivity contribution in [1.29, 1.82) is 0 Å². The van der Waals surface area contributed by atoms with Crippen LogP contribution in [-0.4, -0.2) is 19.1 Å². The summed E-state index contributed by atoms with van der Waals surface area (Å²) in [6.45, 7) is 7.62. The monoisotopic (exact) mass is 218 g/mol. The molecule has 1 heterocycles. The number of benzene rings is 1. The summed E-state index contributed by atoms with van der Waals surface area (Å²) in [7, 11) is 0. The van der Waals surface area contributed by atoms with Crippen molar-refractivity contribution in [3.63, 3.8) is 0 Å². The molecule has 0 amide bonds. The Morgan fingerprint density at radius 3 is 2.62 bits per heavy atom. The van der Waals surface area contributed by atoms with E-state index in [1.807, 2.05) is 0 Å². The minimum Gasteiger partial charge on any atom is -0.315 e. The molecular weight excluding hydrogens is 196 g/mol. The van der Waals surface area contributed by atoms with E-state index in [1.54, 1.807) is 0 Å². The van der Waals surface area contributed by atoms with E-state index in [9.17, 15) is 0 Å². The molecule has 1 unspecified atom stereocenters. The van der Waals surface area contributed by atoms with Crippen molar-refractivity contribution in [1.82, 2.24) is 10.6 Å². The molecular formula is C14H22N2. The fourth-order valence-corrected chi connectivity index (χ4v) is 2.46. The minimum atomic E-state index is 0.648. The van der Waals surface area contributed by atoms with Gasteiger partial charge in [0.2, 0.25) is 0 Å². The summed E-state index contributed by atoms with van der Waals surface area (Å²) in [6, 6.07) is 7.42. The third kappa shape index (κ3) is 3.32. The average molecular weight is 218 g/mol. The van der Waals surface area contributed by atoms with Gasteiger partial charge in [-0.15, -0.1) is 0 Å². The number of hydrogen-bond donors (Lipinski definition) is 2. The molecule has 2 N–H and O–H groups in total. The molecule has 1 aromatic carbocycles. The fraction of sp³-hybridized carbons (Fsp3) is 0.571. The number of rotatable bonds is 3. The second-order valence-corrected chi connectivity index (χ2v) is 4.92. The largest absolute Gasteiger partial charge is 0.315 e. The Balaban J connectivity index is 1.88. The highest BCUT2D eigenvalue weighted by molar-refractivity contribution is 5.28. The topological polar surface area (TPSA) is 24.1 Å². The van der Waals surface area contributed by atoms with Gasteiger partial charge in [-0.2, -0.15) is 0 Å². The number of hydrogen-bond acceptors (Lipinski definition) is 2. The normalized spacial score (nSPS) is 21.0. The van der Waals surface area contributed by atoms with Gasteiger partial charge in [0, 0.05) is 19.1 Å². The molecule has 2 rings (SSSR count). The quantitative estimate of drug-likeness (QED) is 0.812. The van der Waals surface area contributed by atoms with Crippen LogP contribution < -0.4 is 10.6 Å². The zero-order chi connectivity index (χ0) is 11.4. The van der Waals surface area contributed by atoms with Crippen LogP contribution in [0.25, 0.3) is 0 Å². The summed E-state index contributed by atoms with van der Waals surface area (Å²) < 4.78 is 0. The van der Waals surface area contributed by atoms with E-state index in [0.717, 1.165) is 13.1 Å². The summed E-state index contributed by atoms with van der Waals surface area (Å²) in [4.78, 5) is 0. The lowest BCUT2D eigenvalue weighted by Crippen LogP contribution is -2.42. The SMILES string of the molecule is Cc1cc(C)cc(CNC2CCCNC2)c1. The summed E-state index contributed by atoms with van der Waals surface area (Å²) in [5.74, 6) is 0. The Kier molecular flexibility index (Phi) is 3.97. The van der Waals surface area contributed by atoms with Crippen molar-refractivity contribution < 1.29 is 0 Å². The van der Waals surface area contributed by atoms with Gasteiger partial charge in [-0.25, -0.2) is 0 Å². The standard InChI is InChI=1S/C14H22N2/c1-11-6-12(2)8-13(7-11)9-16-14-4-3-5-15-10-14/h6-8,14-16H,3-5,9-10H2,1-2H3. The van der Waals surface area contributed by atoms with Crippen LogP contribution in [-0.2, 0) is 6.54 Å². The van der Waals surface area contributed by atoms with E-state index in [-0.39, 0.29) is 0 Å². The molecule has 0 aromatic heterocycles. The van der Waals surface area contributed by atoms with Gasteiger partial charge in [0.25, 0.3) is 0 Å². The van der Waals surface area contributed by atoms with Gasteiger partial charge >= 0.3 is 0 Å². The highest BCUT2D eigenvalue weighted by atomic mass is 15.0. The van der Waals surface area contributed by atoms with Gasteiger partial charge in [0.15, 0.2) is 0 Å². The second kappa shape index (κ2) is 5.46. The second-order valence-electron chi connectivity index (χ2n) is 4.92. The lowest BCUT2D eigenvalue weighted by atomic mass is 10.1. The van der Waals surface area contributed by atoms with Crippen molar-refractivity contribution >= 4 is 0 Å². The highest BCUT2D eigenvalue weighted by Gasteiger charge is 2.11. The predicted molar refractivity (Wildman–Crippen MR) is 68.6 cm³/mol. The maximum atomic E-state index is 3.63. The molecule has 2 heteroatoms. The molecule has 1 fully saturated rings. The first-order valence-corrected chi connectivity index (χ1v) is 6.25. The van der Waals surface area contributed by atoms with E-state index >= 15 is 0 Å². The van der Waals surface area contributed by atoms with Crippen molar-refractivity contribution in [2.75, 3.05) is 13.1 Å². The van der Waals surface area contributed by atoms with E-state index < -0.39 is 0 Å². The molecule has 0 aliphatic carbocycles. The van der Waals surface area contributed by atoms with Gasteiger partial charge in [-0.1, -0.05) is 29.3 Å². The summed E-state index contributed by atoms with van der Waals surface area (Å²) >= 11 is 0. The summed E-state index contributed by atoms with van der Waals surface area (Å²) in [5, 5.41) is 7.06. The van der Waals surface area contributed by atoms with Crippen molar-refractivity contribution in [3.05, 3.63) is 34.9 Å². The van der Waals surface area contributed by atoms with Crippen LogP contribution in [0.2, 0.25) is 0 Å². The molecule has 88 valence electrons. The molecule has 1 aliphatic heterocycles. The molecule has 0 bridgehead atoms. The zero-order valence-corrected chi connectivity index (χ0v) is 10.3. The van der Waals surface area contributed by atoms with Crippen LogP contribution >= 0.6 is 0 Å². The van der Waals surface area contributed by atoms with Crippen LogP contribution in [0, 0.1) is 13.8 Å². The molecule has 2 nitrogen and oxygen atoms in total. The van der Waals surface area contributed by atoms with Gasteiger partial charge < -0.3 is 10.6 Å². The smallest absolute Gasteiger partial charge is 0.0208 e. The van der Waals surface area contributed by atoms with Crippen molar-refractivity contribution in [2.45, 2.75) is 39.3 Å². The first kappa shape index (κ1) is 11.6. The Morgan fingerprint density at radius 1 is 1.25 bits per heavy atom. The zero-order valence-electron chi connectivity index (χ0n) is 10.3. The van der Waals surface area contributed by atoms with Gasteiger partial charge in [0.1, 0.15) is 0 Å². The highest BCUT2D eigenvalue weighted by Crippen LogP contribution is 2.09. The van der Waals surface area contributed by atoms with Gasteiger partial charge in [-0.3, -0.25) is 0 Å². The van der Waals surface area contributed by atoms with Gasteiger partial charge in [-0.05, 0) is 38.8 Å². The van der Waals surface area contributed by atoms with Crippen LogP contribution in [0.4, 0.5) is 0 Å². The van der Waals surface area contributed by atoms with E-state index in [2.05, 4.69) is 42.7 Å². The van der Waals surface area contributed by atoms with Gasteiger partial charge in [0.05, 0.1) is 0 Å². The van der Waals surface area contributed by atoms with Crippen LogP contribution in [0.1, 0.15) is 29.5 Å². The van der Waals surface area contributed by atoms with Crippen LogP contribution in [0.15, 0.2) is 18.2 Å². The van der Waals surface area contributed by atoms with E-state index in [1.165, 1.54) is 36.1 Å². The third-order valence-electron chi connectivity index (χ3n) is 3.17.